The van der Waals surface area contributed by atoms with Gasteiger partial charge in [-0.3, -0.25) is 9.78 Å². The molecule has 1 atom stereocenters. The molecular formula is C24H21N5O3. The van der Waals surface area contributed by atoms with Gasteiger partial charge in [-0.05, 0) is 35.9 Å². The van der Waals surface area contributed by atoms with E-state index in [2.05, 4.69) is 20.4 Å². The maximum atomic E-state index is 12.5. The third-order valence-electron chi connectivity index (χ3n) is 5.20. The lowest BCUT2D eigenvalue weighted by molar-refractivity contribution is 0.0472. The van der Waals surface area contributed by atoms with Crippen LogP contribution in [0.25, 0.3) is 16.8 Å². The second-order valence-corrected chi connectivity index (χ2v) is 7.43. The highest BCUT2D eigenvalue weighted by Crippen LogP contribution is 2.29. The van der Waals surface area contributed by atoms with Gasteiger partial charge in [-0.1, -0.05) is 23.4 Å². The predicted octanol–water partition coefficient (Wildman–Crippen LogP) is 3.35. The van der Waals surface area contributed by atoms with Gasteiger partial charge in [-0.2, -0.15) is 0 Å². The zero-order valence-electron chi connectivity index (χ0n) is 17.2. The summed E-state index contributed by atoms with van der Waals surface area (Å²) >= 11 is 0. The number of pyridine rings is 2. The number of nitrogens with zero attached hydrogens (tertiary/aromatic N) is 4. The highest BCUT2D eigenvalue weighted by Gasteiger charge is 2.23. The second kappa shape index (κ2) is 8.89. The first kappa shape index (κ1) is 19.7. The normalized spacial score (nSPS) is 15.2. The van der Waals surface area contributed by atoms with Crippen LogP contribution in [0.2, 0.25) is 0 Å². The molecule has 4 aromatic rings. The van der Waals surface area contributed by atoms with Crippen LogP contribution < -0.4 is 10.1 Å². The van der Waals surface area contributed by atoms with E-state index >= 15 is 0 Å². The van der Waals surface area contributed by atoms with Crippen molar-refractivity contribution in [1.82, 2.24) is 19.7 Å². The first-order valence-corrected chi connectivity index (χ1v) is 10.3. The molecule has 0 radical (unpaired) electrons. The van der Waals surface area contributed by atoms with Crippen molar-refractivity contribution in [3.63, 3.8) is 0 Å². The summed E-state index contributed by atoms with van der Waals surface area (Å²) in [7, 11) is 0. The molecule has 0 spiro atoms. The summed E-state index contributed by atoms with van der Waals surface area (Å²) in [6, 6.07) is 15.3. The van der Waals surface area contributed by atoms with Crippen LogP contribution in [0.1, 0.15) is 16.8 Å². The van der Waals surface area contributed by atoms with Gasteiger partial charge in [-0.15, -0.1) is 0 Å². The van der Waals surface area contributed by atoms with Crippen molar-refractivity contribution in [3.05, 3.63) is 85.1 Å². The van der Waals surface area contributed by atoms with Crippen LogP contribution in [-0.4, -0.2) is 45.2 Å². The minimum atomic E-state index is -0.199. The van der Waals surface area contributed by atoms with Gasteiger partial charge in [-0.25, -0.2) is 4.98 Å². The Bertz CT molecular complexity index is 1270. The standard InChI is InChI=1S/C24H21N5O3/c30-24(18-5-6-23-26-11-12-29(23)15-18)27-14-19-13-20(32-28-19)16-31-22-4-2-1-3-21(22)17-7-9-25-10-8-17/h1-12,15,20H,13-14,16H2,(H,27,30). The molecular weight excluding hydrogens is 406 g/mol. The molecule has 0 bridgehead atoms. The van der Waals surface area contributed by atoms with Crippen LogP contribution >= 0.6 is 0 Å². The van der Waals surface area contributed by atoms with Crippen LogP contribution in [-0.2, 0) is 4.84 Å². The predicted molar refractivity (Wildman–Crippen MR) is 120 cm³/mol. The molecule has 3 aromatic heterocycles. The van der Waals surface area contributed by atoms with Gasteiger partial charge < -0.3 is 19.3 Å². The fraction of sp³-hybridized carbons (Fsp3) is 0.167. The third kappa shape index (κ3) is 4.29. The van der Waals surface area contributed by atoms with Crippen LogP contribution in [0.3, 0.4) is 0 Å². The Labute approximate surface area is 184 Å². The first-order chi connectivity index (χ1) is 15.8. The van der Waals surface area contributed by atoms with Crippen molar-refractivity contribution >= 4 is 17.3 Å². The molecule has 0 fully saturated rings. The number of oxime groups is 1. The molecule has 1 unspecified atom stereocenters. The zero-order chi connectivity index (χ0) is 21.8. The minimum Gasteiger partial charge on any atom is -0.489 e. The lowest BCUT2D eigenvalue weighted by Gasteiger charge is -2.14. The molecule has 5 rings (SSSR count). The van der Waals surface area contributed by atoms with Gasteiger partial charge in [0.1, 0.15) is 18.0 Å². The molecule has 1 N–H and O–H groups in total. The van der Waals surface area contributed by atoms with Crippen LogP contribution in [0.4, 0.5) is 0 Å². The summed E-state index contributed by atoms with van der Waals surface area (Å²) in [6.45, 7) is 0.686. The monoisotopic (exact) mass is 427 g/mol. The minimum absolute atomic E-state index is 0.172. The van der Waals surface area contributed by atoms with E-state index in [1.165, 1.54) is 0 Å². The number of amides is 1. The third-order valence-corrected chi connectivity index (χ3v) is 5.20. The maximum absolute atomic E-state index is 12.5. The summed E-state index contributed by atoms with van der Waals surface area (Å²) < 4.78 is 7.85. The molecule has 1 amide bonds. The lowest BCUT2D eigenvalue weighted by Crippen LogP contribution is -2.30. The molecule has 0 saturated heterocycles. The quantitative estimate of drug-likeness (QED) is 0.489. The Hall–Kier alpha value is -4.20. The van der Waals surface area contributed by atoms with Crippen molar-refractivity contribution in [2.24, 2.45) is 5.16 Å². The fourth-order valence-electron chi connectivity index (χ4n) is 3.56. The topological polar surface area (TPSA) is 90.1 Å². The number of aromatic nitrogens is 3. The number of para-hydroxylation sites is 1. The Kier molecular flexibility index (Phi) is 5.48. The first-order valence-electron chi connectivity index (χ1n) is 10.3. The summed E-state index contributed by atoms with van der Waals surface area (Å²) in [5.41, 5.74) is 4.16. The van der Waals surface area contributed by atoms with Gasteiger partial charge in [0, 0.05) is 43.0 Å². The average Bonchev–Trinajstić information content (AvgIpc) is 3.51. The highest BCUT2D eigenvalue weighted by atomic mass is 16.7. The number of carbonyl (C=O) groups is 1. The number of nitrogens with one attached hydrogen (secondary N) is 1. The molecule has 0 aliphatic carbocycles. The number of hydrogen-bond donors (Lipinski definition) is 1. The highest BCUT2D eigenvalue weighted by molar-refractivity contribution is 5.98. The van der Waals surface area contributed by atoms with Crippen molar-refractivity contribution in [2.45, 2.75) is 12.5 Å². The Balaban J connectivity index is 1.13. The van der Waals surface area contributed by atoms with Crippen molar-refractivity contribution in [2.75, 3.05) is 13.2 Å². The molecule has 8 heteroatoms. The summed E-state index contributed by atoms with van der Waals surface area (Å²) in [5, 5.41) is 7.01. The summed E-state index contributed by atoms with van der Waals surface area (Å²) in [6.07, 6.45) is 9.16. The smallest absolute Gasteiger partial charge is 0.253 e. The van der Waals surface area contributed by atoms with Crippen LogP contribution in [0, 0.1) is 0 Å². The molecule has 0 saturated carbocycles. The fourth-order valence-corrected chi connectivity index (χ4v) is 3.56. The van der Waals surface area contributed by atoms with Crippen molar-refractivity contribution in [1.29, 1.82) is 0 Å². The van der Waals surface area contributed by atoms with Gasteiger partial charge in [0.25, 0.3) is 5.91 Å². The summed E-state index contributed by atoms with van der Waals surface area (Å²) in [5.74, 6) is 0.605. The molecule has 8 nitrogen and oxygen atoms in total. The van der Waals surface area contributed by atoms with Gasteiger partial charge >= 0.3 is 0 Å². The number of imidazole rings is 1. The molecule has 32 heavy (non-hydrogen) atoms. The Morgan fingerprint density at radius 2 is 2.00 bits per heavy atom. The van der Waals surface area contributed by atoms with Crippen LogP contribution in [0.15, 0.2) is 84.7 Å². The summed E-state index contributed by atoms with van der Waals surface area (Å²) in [4.78, 5) is 26.2. The number of carbonyl (C=O) groups excluding carboxylic acids is 1. The molecule has 1 aliphatic rings. The Morgan fingerprint density at radius 1 is 1.12 bits per heavy atom. The van der Waals surface area contributed by atoms with E-state index in [0.29, 0.717) is 25.1 Å². The molecule has 160 valence electrons. The number of benzene rings is 1. The van der Waals surface area contributed by atoms with Gasteiger partial charge in [0.05, 0.1) is 17.8 Å². The number of ether oxygens (including phenoxy) is 1. The molecule has 1 aliphatic heterocycles. The van der Waals surface area contributed by atoms with E-state index < -0.39 is 0 Å². The Morgan fingerprint density at radius 3 is 2.91 bits per heavy atom. The second-order valence-electron chi connectivity index (χ2n) is 7.43. The maximum Gasteiger partial charge on any atom is 0.253 e. The number of hydrogen-bond acceptors (Lipinski definition) is 6. The van der Waals surface area contributed by atoms with Gasteiger partial charge in [0.15, 0.2) is 6.10 Å². The molecule has 4 heterocycles. The van der Waals surface area contributed by atoms with E-state index in [-0.39, 0.29) is 12.0 Å². The largest absolute Gasteiger partial charge is 0.489 e. The van der Waals surface area contributed by atoms with Crippen LogP contribution in [0.5, 0.6) is 5.75 Å². The SMILES string of the molecule is O=C(NCC1=NOC(COc2ccccc2-c2ccncc2)C1)c1ccc2nccn2c1. The van der Waals surface area contributed by atoms with Crippen molar-refractivity contribution < 1.29 is 14.4 Å². The zero-order valence-corrected chi connectivity index (χ0v) is 17.2. The van der Waals surface area contributed by atoms with E-state index in [0.717, 1.165) is 28.2 Å². The van der Waals surface area contributed by atoms with E-state index in [9.17, 15) is 4.79 Å². The van der Waals surface area contributed by atoms with E-state index in [1.54, 1.807) is 37.1 Å². The number of fused-ring (bicyclic) bond motifs is 1. The van der Waals surface area contributed by atoms with Crippen molar-refractivity contribution in [3.8, 4) is 16.9 Å². The van der Waals surface area contributed by atoms with E-state index in [4.69, 9.17) is 9.57 Å². The molecule has 1 aromatic carbocycles. The van der Waals surface area contributed by atoms with Gasteiger partial charge in [0.2, 0.25) is 0 Å². The number of rotatable bonds is 7. The average molecular weight is 427 g/mol. The van der Waals surface area contributed by atoms with E-state index in [1.807, 2.05) is 46.9 Å². The lowest BCUT2D eigenvalue weighted by atomic mass is 10.1.